The topological polar surface area (TPSA) is 73.0 Å². The largest absolute Gasteiger partial charge is 0.444 e. The molecule has 0 fully saturated rings. The van der Waals surface area contributed by atoms with Gasteiger partial charge in [0.05, 0.1) is 12.7 Å². The third-order valence-electron chi connectivity index (χ3n) is 2.92. The van der Waals surface area contributed by atoms with Crippen LogP contribution in [0.15, 0.2) is 27.8 Å². The van der Waals surface area contributed by atoms with E-state index in [1.54, 1.807) is 23.2 Å². The van der Waals surface area contributed by atoms with Crippen molar-refractivity contribution < 1.29 is 4.42 Å². The lowest BCUT2D eigenvalue weighted by atomic mass is 10.1. The van der Waals surface area contributed by atoms with Crippen LogP contribution in [-0.4, -0.2) is 14.5 Å². The quantitative estimate of drug-likeness (QED) is 0.926. The van der Waals surface area contributed by atoms with Crippen molar-refractivity contribution in [2.75, 3.05) is 5.32 Å². The molecule has 2 aromatic rings. The van der Waals surface area contributed by atoms with Gasteiger partial charge in [-0.3, -0.25) is 4.79 Å². The van der Waals surface area contributed by atoms with Gasteiger partial charge in [-0.2, -0.15) is 0 Å². The number of anilines is 1. The van der Waals surface area contributed by atoms with Crippen LogP contribution in [0.2, 0.25) is 0 Å². The third-order valence-corrected chi connectivity index (χ3v) is 2.92. The number of hydrogen-bond acceptors (Lipinski definition) is 5. The SMILES string of the molecule is CCc1cnc(CNc2nccn(C(C)(C)C)c2=O)o1. The fraction of sp³-hybridized carbons (Fsp3) is 0.500. The molecule has 0 bridgehead atoms. The molecule has 0 spiro atoms. The lowest BCUT2D eigenvalue weighted by molar-refractivity contribution is 0.383. The second-order valence-electron chi connectivity index (χ2n) is 5.55. The number of oxazole rings is 1. The van der Waals surface area contributed by atoms with Crippen LogP contribution in [-0.2, 0) is 18.5 Å². The molecule has 20 heavy (non-hydrogen) atoms. The maximum Gasteiger partial charge on any atom is 0.293 e. The normalized spacial score (nSPS) is 11.6. The van der Waals surface area contributed by atoms with Crippen molar-refractivity contribution in [3.05, 3.63) is 40.6 Å². The Hall–Kier alpha value is -2.11. The second kappa shape index (κ2) is 5.48. The Kier molecular flexibility index (Phi) is 3.92. The maximum atomic E-state index is 12.3. The standard InChI is InChI=1S/C14H20N4O2/c1-5-10-8-16-11(20-10)9-17-12-13(19)18(7-6-15-12)14(2,3)4/h6-8H,5,9H2,1-4H3,(H,15,17). The van der Waals surface area contributed by atoms with E-state index in [9.17, 15) is 4.79 Å². The molecule has 6 nitrogen and oxygen atoms in total. The van der Waals surface area contributed by atoms with Crippen molar-refractivity contribution in [3.8, 4) is 0 Å². The van der Waals surface area contributed by atoms with Crippen LogP contribution in [0, 0.1) is 0 Å². The summed E-state index contributed by atoms with van der Waals surface area (Å²) in [4.78, 5) is 20.5. The highest BCUT2D eigenvalue weighted by Crippen LogP contribution is 2.11. The predicted octanol–water partition coefficient (Wildman–Crippen LogP) is 2.16. The zero-order valence-electron chi connectivity index (χ0n) is 12.3. The first kappa shape index (κ1) is 14.3. The third kappa shape index (κ3) is 3.07. The maximum absolute atomic E-state index is 12.3. The van der Waals surface area contributed by atoms with E-state index in [1.165, 1.54) is 0 Å². The lowest BCUT2D eigenvalue weighted by Crippen LogP contribution is -2.35. The van der Waals surface area contributed by atoms with Crippen LogP contribution in [0.4, 0.5) is 5.82 Å². The Morgan fingerprint density at radius 2 is 2.10 bits per heavy atom. The fourth-order valence-corrected chi connectivity index (χ4v) is 1.81. The Bertz CT molecular complexity index is 637. The molecule has 2 rings (SSSR count). The van der Waals surface area contributed by atoms with Crippen molar-refractivity contribution in [3.63, 3.8) is 0 Å². The summed E-state index contributed by atoms with van der Waals surface area (Å²) in [6.07, 6.45) is 5.80. The van der Waals surface area contributed by atoms with Crippen molar-refractivity contribution in [2.45, 2.75) is 46.2 Å². The van der Waals surface area contributed by atoms with Gasteiger partial charge in [-0.05, 0) is 20.8 Å². The highest BCUT2D eigenvalue weighted by Gasteiger charge is 2.16. The van der Waals surface area contributed by atoms with E-state index in [1.807, 2.05) is 27.7 Å². The van der Waals surface area contributed by atoms with E-state index in [0.717, 1.165) is 12.2 Å². The van der Waals surface area contributed by atoms with E-state index in [4.69, 9.17) is 4.42 Å². The monoisotopic (exact) mass is 276 g/mol. The molecule has 2 heterocycles. The van der Waals surface area contributed by atoms with Gasteiger partial charge in [0.25, 0.3) is 5.56 Å². The molecule has 0 saturated carbocycles. The highest BCUT2D eigenvalue weighted by atomic mass is 16.4. The summed E-state index contributed by atoms with van der Waals surface area (Å²) in [6, 6.07) is 0. The van der Waals surface area contributed by atoms with E-state index in [-0.39, 0.29) is 11.1 Å². The van der Waals surface area contributed by atoms with E-state index in [0.29, 0.717) is 18.3 Å². The van der Waals surface area contributed by atoms with E-state index < -0.39 is 0 Å². The first-order chi connectivity index (χ1) is 9.41. The summed E-state index contributed by atoms with van der Waals surface area (Å²) in [5.74, 6) is 1.68. The van der Waals surface area contributed by atoms with Gasteiger partial charge in [0.15, 0.2) is 5.82 Å². The summed E-state index contributed by atoms with van der Waals surface area (Å²) in [7, 11) is 0. The summed E-state index contributed by atoms with van der Waals surface area (Å²) < 4.78 is 7.13. The molecular formula is C14H20N4O2. The first-order valence-electron chi connectivity index (χ1n) is 6.67. The molecule has 1 N–H and O–H groups in total. The molecule has 108 valence electrons. The molecular weight excluding hydrogens is 256 g/mol. The van der Waals surface area contributed by atoms with Gasteiger partial charge in [-0.25, -0.2) is 9.97 Å². The Morgan fingerprint density at radius 1 is 1.35 bits per heavy atom. The fourth-order valence-electron chi connectivity index (χ4n) is 1.81. The van der Waals surface area contributed by atoms with Crippen molar-refractivity contribution in [2.24, 2.45) is 0 Å². The van der Waals surface area contributed by atoms with Crippen LogP contribution < -0.4 is 10.9 Å². The van der Waals surface area contributed by atoms with E-state index >= 15 is 0 Å². The number of rotatable bonds is 4. The molecule has 2 aromatic heterocycles. The van der Waals surface area contributed by atoms with Crippen LogP contribution in [0.25, 0.3) is 0 Å². The minimum absolute atomic E-state index is 0.151. The Balaban J connectivity index is 2.16. The Morgan fingerprint density at radius 3 is 2.70 bits per heavy atom. The lowest BCUT2D eigenvalue weighted by Gasteiger charge is -2.22. The van der Waals surface area contributed by atoms with Crippen molar-refractivity contribution in [1.82, 2.24) is 14.5 Å². The second-order valence-corrected chi connectivity index (χ2v) is 5.55. The van der Waals surface area contributed by atoms with Crippen LogP contribution >= 0.6 is 0 Å². The number of aryl methyl sites for hydroxylation is 1. The van der Waals surface area contributed by atoms with Gasteiger partial charge >= 0.3 is 0 Å². The minimum Gasteiger partial charge on any atom is -0.444 e. The Labute approximate surface area is 117 Å². The summed E-state index contributed by atoms with van der Waals surface area (Å²) >= 11 is 0. The molecule has 0 amide bonds. The molecule has 0 unspecified atom stereocenters. The zero-order valence-corrected chi connectivity index (χ0v) is 12.3. The molecule has 0 aliphatic heterocycles. The minimum atomic E-state index is -0.283. The number of aromatic nitrogens is 3. The van der Waals surface area contributed by atoms with Crippen molar-refractivity contribution >= 4 is 5.82 Å². The average molecular weight is 276 g/mol. The predicted molar refractivity (Wildman–Crippen MR) is 76.7 cm³/mol. The van der Waals surface area contributed by atoms with E-state index in [2.05, 4.69) is 15.3 Å². The van der Waals surface area contributed by atoms with Gasteiger partial charge in [-0.1, -0.05) is 6.92 Å². The summed E-state index contributed by atoms with van der Waals surface area (Å²) in [5.41, 5.74) is -0.434. The van der Waals surface area contributed by atoms with Gasteiger partial charge in [0.1, 0.15) is 5.76 Å². The molecule has 0 aromatic carbocycles. The molecule has 0 aliphatic rings. The molecule has 0 aliphatic carbocycles. The highest BCUT2D eigenvalue weighted by molar-refractivity contribution is 5.31. The number of hydrogen-bond donors (Lipinski definition) is 1. The van der Waals surface area contributed by atoms with Gasteiger partial charge in [0.2, 0.25) is 5.89 Å². The van der Waals surface area contributed by atoms with Crippen LogP contribution in [0.5, 0.6) is 0 Å². The summed E-state index contributed by atoms with van der Waals surface area (Å²) in [6.45, 7) is 8.26. The van der Waals surface area contributed by atoms with Crippen LogP contribution in [0.1, 0.15) is 39.3 Å². The average Bonchev–Trinajstić information content (AvgIpc) is 2.84. The first-order valence-corrected chi connectivity index (χ1v) is 6.67. The van der Waals surface area contributed by atoms with Gasteiger partial charge in [0, 0.05) is 24.4 Å². The van der Waals surface area contributed by atoms with Crippen molar-refractivity contribution in [1.29, 1.82) is 0 Å². The zero-order chi connectivity index (χ0) is 14.8. The van der Waals surface area contributed by atoms with Gasteiger partial charge in [-0.15, -0.1) is 0 Å². The number of nitrogens with zero attached hydrogens (tertiary/aromatic N) is 3. The molecule has 0 atom stereocenters. The smallest absolute Gasteiger partial charge is 0.293 e. The molecule has 0 saturated heterocycles. The number of nitrogens with one attached hydrogen (secondary N) is 1. The summed E-state index contributed by atoms with van der Waals surface area (Å²) in [5, 5.41) is 2.98. The molecule has 6 heteroatoms. The van der Waals surface area contributed by atoms with Gasteiger partial charge < -0.3 is 14.3 Å². The van der Waals surface area contributed by atoms with Crippen LogP contribution in [0.3, 0.4) is 0 Å². The molecule has 0 radical (unpaired) electrons.